The number of fused-ring (bicyclic) bond motifs is 1. The van der Waals surface area contributed by atoms with Crippen molar-refractivity contribution in [2.45, 2.75) is 39.0 Å². The fourth-order valence-electron chi connectivity index (χ4n) is 3.13. The molecule has 0 atom stereocenters. The maximum absolute atomic E-state index is 13.0. The Labute approximate surface area is 162 Å². The monoisotopic (exact) mass is 401 g/mol. The van der Waals surface area contributed by atoms with E-state index in [1.54, 1.807) is 24.3 Å². The standard InChI is InChI=1S/C20H16ClNO2S2/c21-16-8-10-18(25-17-9-7-14-4-3-5-15(14)12-17)19(13-16)26(23,24)20-6-1-2-11-22-20/h1-2,6-13H,3-5H2. The predicted molar refractivity (Wildman–Crippen MR) is 104 cm³/mol. The molecule has 0 spiro atoms. The first-order chi connectivity index (χ1) is 12.5. The van der Waals surface area contributed by atoms with Crippen molar-refractivity contribution >= 4 is 33.2 Å². The largest absolute Gasteiger partial charge is 0.244 e. The summed E-state index contributed by atoms with van der Waals surface area (Å²) in [7, 11) is -3.74. The van der Waals surface area contributed by atoms with Crippen molar-refractivity contribution in [3.05, 3.63) is 76.9 Å². The lowest BCUT2D eigenvalue weighted by Crippen LogP contribution is -2.05. The number of hydrogen-bond acceptors (Lipinski definition) is 4. The molecule has 0 N–H and O–H groups in total. The van der Waals surface area contributed by atoms with Gasteiger partial charge in [-0.2, -0.15) is 0 Å². The van der Waals surface area contributed by atoms with Gasteiger partial charge in [0, 0.05) is 21.0 Å². The maximum Gasteiger partial charge on any atom is 0.224 e. The first-order valence-corrected chi connectivity index (χ1v) is 11.0. The van der Waals surface area contributed by atoms with E-state index in [4.69, 9.17) is 11.6 Å². The Hall–Kier alpha value is -1.82. The Bertz CT molecular complexity index is 1070. The second kappa shape index (κ2) is 7.06. The summed E-state index contributed by atoms with van der Waals surface area (Å²) in [6.07, 6.45) is 4.87. The van der Waals surface area contributed by atoms with E-state index in [9.17, 15) is 8.42 Å². The van der Waals surface area contributed by atoms with Crippen molar-refractivity contribution < 1.29 is 8.42 Å². The fraction of sp³-hybridized carbons (Fsp3) is 0.150. The molecule has 6 heteroatoms. The molecule has 3 nitrogen and oxygen atoms in total. The predicted octanol–water partition coefficient (Wildman–Crippen LogP) is 5.21. The van der Waals surface area contributed by atoms with Gasteiger partial charge in [-0.05, 0) is 72.9 Å². The number of benzene rings is 2. The van der Waals surface area contributed by atoms with E-state index in [0.717, 1.165) is 17.7 Å². The van der Waals surface area contributed by atoms with E-state index in [0.29, 0.717) is 9.92 Å². The second-order valence-corrected chi connectivity index (χ2v) is 9.57. The number of hydrogen-bond donors (Lipinski definition) is 0. The zero-order chi connectivity index (χ0) is 18.1. The van der Waals surface area contributed by atoms with E-state index < -0.39 is 9.84 Å². The molecular weight excluding hydrogens is 386 g/mol. The van der Waals surface area contributed by atoms with Gasteiger partial charge < -0.3 is 0 Å². The van der Waals surface area contributed by atoms with Crippen LogP contribution in [0, 0.1) is 0 Å². The average Bonchev–Trinajstić information content (AvgIpc) is 3.11. The molecule has 0 saturated heterocycles. The quantitative estimate of drug-likeness (QED) is 0.602. The third-order valence-corrected chi connectivity index (χ3v) is 7.54. The summed E-state index contributed by atoms with van der Waals surface area (Å²) in [4.78, 5) is 5.88. The molecule has 4 rings (SSSR count). The van der Waals surface area contributed by atoms with E-state index in [-0.39, 0.29) is 9.92 Å². The molecule has 0 radical (unpaired) electrons. The van der Waals surface area contributed by atoms with Crippen molar-refractivity contribution in [3.8, 4) is 0 Å². The summed E-state index contributed by atoms with van der Waals surface area (Å²) in [5.74, 6) is 0. The van der Waals surface area contributed by atoms with E-state index in [2.05, 4.69) is 23.2 Å². The Kier molecular flexibility index (Phi) is 4.78. The Morgan fingerprint density at radius 1 is 0.962 bits per heavy atom. The zero-order valence-electron chi connectivity index (χ0n) is 13.9. The first kappa shape index (κ1) is 17.6. The minimum absolute atomic E-state index is 0.0260. The van der Waals surface area contributed by atoms with Crippen LogP contribution in [-0.2, 0) is 22.7 Å². The summed E-state index contributed by atoms with van der Waals surface area (Å²) in [6, 6.07) is 16.2. The molecule has 2 aromatic carbocycles. The van der Waals surface area contributed by atoms with Gasteiger partial charge in [-0.1, -0.05) is 35.5 Å². The summed E-state index contributed by atoms with van der Waals surface area (Å²) >= 11 is 7.54. The lowest BCUT2D eigenvalue weighted by molar-refractivity contribution is 0.590. The summed E-state index contributed by atoms with van der Waals surface area (Å²) in [6.45, 7) is 0. The molecule has 1 heterocycles. The van der Waals surface area contributed by atoms with Crippen LogP contribution in [0.15, 0.2) is 80.5 Å². The van der Waals surface area contributed by atoms with Crippen LogP contribution in [0.25, 0.3) is 0 Å². The number of aryl methyl sites for hydroxylation is 2. The molecule has 1 aromatic heterocycles. The lowest BCUT2D eigenvalue weighted by Gasteiger charge is -2.11. The zero-order valence-corrected chi connectivity index (χ0v) is 16.2. The second-order valence-electron chi connectivity index (χ2n) is 6.15. The number of halogens is 1. The summed E-state index contributed by atoms with van der Waals surface area (Å²) in [5, 5.41) is 0.413. The SMILES string of the molecule is O=S(=O)(c1ccccn1)c1cc(Cl)ccc1Sc1ccc2c(c1)CCC2. The highest BCUT2D eigenvalue weighted by molar-refractivity contribution is 8.00. The van der Waals surface area contributed by atoms with Crippen LogP contribution < -0.4 is 0 Å². The number of aromatic nitrogens is 1. The minimum atomic E-state index is -3.74. The fourth-order valence-corrected chi connectivity index (χ4v) is 6.01. The van der Waals surface area contributed by atoms with Crippen LogP contribution in [0.4, 0.5) is 0 Å². The molecule has 3 aromatic rings. The van der Waals surface area contributed by atoms with Crippen molar-refractivity contribution in [1.29, 1.82) is 0 Å². The van der Waals surface area contributed by atoms with Gasteiger partial charge in [0.25, 0.3) is 0 Å². The smallest absolute Gasteiger partial charge is 0.224 e. The van der Waals surface area contributed by atoms with Crippen LogP contribution in [0.2, 0.25) is 5.02 Å². The molecule has 0 amide bonds. The van der Waals surface area contributed by atoms with Gasteiger partial charge in [0.1, 0.15) is 0 Å². The van der Waals surface area contributed by atoms with Gasteiger partial charge in [-0.15, -0.1) is 0 Å². The normalized spacial score (nSPS) is 13.6. The van der Waals surface area contributed by atoms with Gasteiger partial charge in [-0.25, -0.2) is 13.4 Å². The Balaban J connectivity index is 1.76. The van der Waals surface area contributed by atoms with Gasteiger partial charge in [0.2, 0.25) is 9.84 Å². The van der Waals surface area contributed by atoms with E-state index >= 15 is 0 Å². The van der Waals surface area contributed by atoms with Crippen LogP contribution in [0.1, 0.15) is 17.5 Å². The molecule has 26 heavy (non-hydrogen) atoms. The Morgan fingerprint density at radius 3 is 2.62 bits per heavy atom. The molecule has 132 valence electrons. The van der Waals surface area contributed by atoms with Gasteiger partial charge >= 0.3 is 0 Å². The maximum atomic E-state index is 13.0. The molecule has 0 saturated carbocycles. The number of nitrogens with zero attached hydrogens (tertiary/aromatic N) is 1. The van der Waals surface area contributed by atoms with Crippen molar-refractivity contribution in [1.82, 2.24) is 4.98 Å². The van der Waals surface area contributed by atoms with Crippen LogP contribution in [-0.4, -0.2) is 13.4 Å². The highest BCUT2D eigenvalue weighted by atomic mass is 35.5. The van der Waals surface area contributed by atoms with Crippen molar-refractivity contribution in [2.24, 2.45) is 0 Å². The van der Waals surface area contributed by atoms with Crippen LogP contribution in [0.3, 0.4) is 0 Å². The van der Waals surface area contributed by atoms with Gasteiger partial charge in [0.15, 0.2) is 5.03 Å². The molecule has 0 fully saturated rings. The molecule has 1 aliphatic rings. The van der Waals surface area contributed by atoms with Gasteiger partial charge in [0.05, 0.1) is 4.90 Å². The van der Waals surface area contributed by atoms with Crippen LogP contribution in [0.5, 0.6) is 0 Å². The Morgan fingerprint density at radius 2 is 1.81 bits per heavy atom. The number of pyridine rings is 1. The highest BCUT2D eigenvalue weighted by Gasteiger charge is 2.24. The van der Waals surface area contributed by atoms with E-state index in [1.165, 1.54) is 47.6 Å². The number of sulfone groups is 1. The first-order valence-electron chi connectivity index (χ1n) is 8.29. The molecule has 0 aliphatic heterocycles. The molecule has 1 aliphatic carbocycles. The highest BCUT2D eigenvalue weighted by Crippen LogP contribution is 2.38. The van der Waals surface area contributed by atoms with Crippen molar-refractivity contribution in [3.63, 3.8) is 0 Å². The number of rotatable bonds is 4. The molecular formula is C20H16ClNO2S2. The third kappa shape index (κ3) is 3.39. The van der Waals surface area contributed by atoms with Crippen molar-refractivity contribution in [2.75, 3.05) is 0 Å². The summed E-state index contributed by atoms with van der Waals surface area (Å²) in [5.41, 5.74) is 2.75. The lowest BCUT2D eigenvalue weighted by atomic mass is 10.1. The topological polar surface area (TPSA) is 47.0 Å². The summed E-state index contributed by atoms with van der Waals surface area (Å²) < 4.78 is 26.1. The molecule has 0 unspecified atom stereocenters. The average molecular weight is 402 g/mol. The molecule has 0 bridgehead atoms. The third-order valence-electron chi connectivity index (χ3n) is 4.41. The van der Waals surface area contributed by atoms with E-state index in [1.807, 2.05) is 0 Å². The van der Waals surface area contributed by atoms with Gasteiger partial charge in [-0.3, -0.25) is 0 Å². The van der Waals surface area contributed by atoms with Crippen LogP contribution >= 0.6 is 23.4 Å². The minimum Gasteiger partial charge on any atom is -0.244 e.